The molecule has 0 bridgehead atoms. The second kappa shape index (κ2) is 10.0. The summed E-state index contributed by atoms with van der Waals surface area (Å²) in [6.45, 7) is 3.02. The molecule has 0 aliphatic carbocycles. The molecule has 0 aliphatic heterocycles. The number of carbonyl (C=O) groups excluding carboxylic acids is 1. The topological polar surface area (TPSA) is 94.1 Å². The number of hydrogen-bond acceptors (Lipinski definition) is 5. The lowest BCUT2D eigenvalue weighted by molar-refractivity contribution is -0.148. The summed E-state index contributed by atoms with van der Waals surface area (Å²) in [4.78, 5) is 21.7. The van der Waals surface area contributed by atoms with Crippen LogP contribution in [-0.4, -0.2) is 63.2 Å². The molecule has 17 heavy (non-hydrogen) atoms. The maximum absolute atomic E-state index is 11.2. The van der Waals surface area contributed by atoms with Crippen LogP contribution in [0.3, 0.4) is 0 Å². The van der Waals surface area contributed by atoms with E-state index in [1.54, 1.807) is 0 Å². The number of carboxylic acids is 1. The molecular weight excluding hydrogens is 230 g/mol. The van der Waals surface area contributed by atoms with Crippen molar-refractivity contribution in [1.29, 1.82) is 0 Å². The highest BCUT2D eigenvalue weighted by atomic mass is 16.5. The third kappa shape index (κ3) is 8.61. The number of amides is 1. The molecule has 7 nitrogen and oxygen atoms in total. The predicted octanol–water partition coefficient (Wildman–Crippen LogP) is -0.745. The smallest absolute Gasteiger partial charge is 0.334 e. The van der Waals surface area contributed by atoms with E-state index >= 15 is 0 Å². The minimum atomic E-state index is -1.12. The maximum Gasteiger partial charge on any atom is 0.334 e. The zero-order chi connectivity index (χ0) is 13.1. The molecule has 0 saturated heterocycles. The first-order chi connectivity index (χ1) is 8.11. The van der Waals surface area contributed by atoms with Crippen LogP contribution in [0, 0.1) is 0 Å². The third-order valence-corrected chi connectivity index (χ3v) is 1.85. The Hall–Kier alpha value is -1.18. The van der Waals surface area contributed by atoms with E-state index in [4.69, 9.17) is 14.6 Å². The highest BCUT2D eigenvalue weighted by Crippen LogP contribution is 1.88. The molecule has 0 saturated carbocycles. The van der Waals surface area contributed by atoms with Crippen molar-refractivity contribution in [2.75, 3.05) is 40.1 Å². The fourth-order valence-corrected chi connectivity index (χ4v) is 0.956. The van der Waals surface area contributed by atoms with Gasteiger partial charge in [-0.3, -0.25) is 4.79 Å². The molecule has 0 fully saturated rings. The van der Waals surface area contributed by atoms with Gasteiger partial charge in [-0.05, 0) is 6.92 Å². The number of methoxy groups -OCH3 is 1. The van der Waals surface area contributed by atoms with E-state index in [1.165, 1.54) is 7.11 Å². The van der Waals surface area contributed by atoms with Crippen LogP contribution in [0.15, 0.2) is 0 Å². The molecule has 0 spiro atoms. The van der Waals surface area contributed by atoms with E-state index in [-0.39, 0.29) is 19.1 Å². The minimum absolute atomic E-state index is 0.0838. The van der Waals surface area contributed by atoms with Gasteiger partial charge < -0.3 is 24.6 Å². The predicted molar refractivity (Wildman–Crippen MR) is 58.8 cm³/mol. The number of carboxylic acid groups (broad SMARTS) is 1. The van der Waals surface area contributed by atoms with Gasteiger partial charge >= 0.3 is 5.97 Å². The number of hydrogen-bond donors (Lipinski definition) is 2. The summed E-state index contributed by atoms with van der Waals surface area (Å²) in [6, 6.07) is 0. The monoisotopic (exact) mass is 249 g/mol. The fourth-order valence-electron chi connectivity index (χ4n) is 0.956. The Morgan fingerprint density at radius 3 is 2.47 bits per heavy atom. The van der Waals surface area contributed by atoms with Gasteiger partial charge in [0.15, 0.2) is 6.10 Å². The molecular formula is C10H19NO6. The Morgan fingerprint density at radius 1 is 1.29 bits per heavy atom. The fraction of sp³-hybridized carbons (Fsp3) is 0.800. The molecule has 1 unspecified atom stereocenters. The summed E-state index contributed by atoms with van der Waals surface area (Å²) < 4.78 is 14.7. The van der Waals surface area contributed by atoms with Gasteiger partial charge in [-0.15, -0.1) is 0 Å². The molecule has 1 amide bonds. The van der Waals surface area contributed by atoms with Gasteiger partial charge in [0, 0.05) is 13.7 Å². The molecule has 0 aromatic carbocycles. The van der Waals surface area contributed by atoms with Gasteiger partial charge in [0.25, 0.3) is 0 Å². The van der Waals surface area contributed by atoms with E-state index in [2.05, 4.69) is 10.1 Å². The quantitative estimate of drug-likeness (QED) is 0.495. The highest BCUT2D eigenvalue weighted by Gasteiger charge is 2.16. The standard InChI is InChI=1S/C10H19NO6/c1-3-16-4-5-17-7-9(12)11-6-8(15-2)10(13)14/h8H,3-7H2,1-2H3,(H,11,12)(H,13,14). The number of rotatable bonds is 10. The Morgan fingerprint density at radius 2 is 1.94 bits per heavy atom. The average molecular weight is 249 g/mol. The largest absolute Gasteiger partial charge is 0.479 e. The molecule has 0 aromatic rings. The summed E-state index contributed by atoms with van der Waals surface area (Å²) in [5.74, 6) is -1.50. The first kappa shape index (κ1) is 15.8. The van der Waals surface area contributed by atoms with Gasteiger partial charge in [-0.2, -0.15) is 0 Å². The van der Waals surface area contributed by atoms with E-state index in [1.807, 2.05) is 6.92 Å². The van der Waals surface area contributed by atoms with Crippen molar-refractivity contribution in [2.45, 2.75) is 13.0 Å². The van der Waals surface area contributed by atoms with E-state index in [0.29, 0.717) is 19.8 Å². The van der Waals surface area contributed by atoms with Crippen molar-refractivity contribution < 1.29 is 28.9 Å². The van der Waals surface area contributed by atoms with E-state index < -0.39 is 12.1 Å². The molecule has 100 valence electrons. The Kier molecular flexibility index (Phi) is 9.31. The lowest BCUT2D eigenvalue weighted by atomic mass is 10.3. The van der Waals surface area contributed by atoms with Crippen LogP contribution in [0.25, 0.3) is 0 Å². The average Bonchev–Trinajstić information content (AvgIpc) is 2.29. The summed E-state index contributed by atoms with van der Waals surface area (Å²) in [5.41, 5.74) is 0. The van der Waals surface area contributed by atoms with Gasteiger partial charge in [0.05, 0.1) is 19.8 Å². The molecule has 7 heteroatoms. The Bertz CT molecular complexity index is 233. The van der Waals surface area contributed by atoms with Crippen molar-refractivity contribution in [1.82, 2.24) is 5.32 Å². The zero-order valence-corrected chi connectivity index (χ0v) is 10.1. The minimum Gasteiger partial charge on any atom is -0.479 e. The lowest BCUT2D eigenvalue weighted by Crippen LogP contribution is -2.39. The molecule has 0 heterocycles. The van der Waals surface area contributed by atoms with Gasteiger partial charge in [0.1, 0.15) is 6.61 Å². The van der Waals surface area contributed by atoms with Crippen LogP contribution in [0.1, 0.15) is 6.92 Å². The summed E-state index contributed by atoms with van der Waals surface area (Å²) >= 11 is 0. The van der Waals surface area contributed by atoms with Crippen LogP contribution >= 0.6 is 0 Å². The van der Waals surface area contributed by atoms with Crippen LogP contribution in [0.4, 0.5) is 0 Å². The summed E-state index contributed by atoms with van der Waals surface area (Å²) in [5, 5.41) is 11.0. The van der Waals surface area contributed by atoms with Crippen molar-refractivity contribution in [3.05, 3.63) is 0 Å². The summed E-state index contributed by atoms with van der Waals surface area (Å²) in [7, 11) is 1.27. The van der Waals surface area contributed by atoms with Crippen LogP contribution in [0.2, 0.25) is 0 Å². The van der Waals surface area contributed by atoms with Crippen molar-refractivity contribution in [3.8, 4) is 0 Å². The molecule has 0 rings (SSSR count). The number of aliphatic carboxylic acids is 1. The van der Waals surface area contributed by atoms with E-state index in [9.17, 15) is 9.59 Å². The van der Waals surface area contributed by atoms with Gasteiger partial charge in [-0.25, -0.2) is 4.79 Å². The van der Waals surface area contributed by atoms with E-state index in [0.717, 1.165) is 0 Å². The molecule has 2 N–H and O–H groups in total. The number of nitrogens with one attached hydrogen (secondary N) is 1. The normalized spacial score (nSPS) is 12.1. The third-order valence-electron chi connectivity index (χ3n) is 1.85. The molecule has 0 aromatic heterocycles. The maximum atomic E-state index is 11.2. The van der Waals surface area contributed by atoms with Crippen LogP contribution in [-0.2, 0) is 23.8 Å². The SMILES string of the molecule is CCOCCOCC(=O)NCC(OC)C(=O)O. The number of ether oxygens (including phenoxy) is 3. The summed E-state index contributed by atoms with van der Waals surface area (Å²) in [6.07, 6.45) is -1.04. The van der Waals surface area contributed by atoms with Gasteiger partial charge in [0.2, 0.25) is 5.91 Å². The zero-order valence-electron chi connectivity index (χ0n) is 10.1. The van der Waals surface area contributed by atoms with Crippen LogP contribution in [0.5, 0.6) is 0 Å². The second-order valence-corrected chi connectivity index (χ2v) is 3.12. The molecule has 0 aliphatic rings. The second-order valence-electron chi connectivity index (χ2n) is 3.12. The van der Waals surface area contributed by atoms with Gasteiger partial charge in [-0.1, -0.05) is 0 Å². The Balaban J connectivity index is 3.55. The lowest BCUT2D eigenvalue weighted by Gasteiger charge is -2.11. The van der Waals surface area contributed by atoms with Crippen molar-refractivity contribution >= 4 is 11.9 Å². The Labute approximate surface area is 100 Å². The first-order valence-corrected chi connectivity index (χ1v) is 5.29. The van der Waals surface area contributed by atoms with Crippen LogP contribution < -0.4 is 5.32 Å². The highest BCUT2D eigenvalue weighted by molar-refractivity contribution is 5.78. The number of carbonyl (C=O) groups is 2. The van der Waals surface area contributed by atoms with Crippen molar-refractivity contribution in [3.63, 3.8) is 0 Å². The molecule has 0 radical (unpaired) electrons. The molecule has 1 atom stereocenters. The van der Waals surface area contributed by atoms with Crippen molar-refractivity contribution in [2.24, 2.45) is 0 Å². The first-order valence-electron chi connectivity index (χ1n) is 5.29.